The standard InChI is InChI=1S/C9H15NO/c1-4-7-9(8-11)10(5-2)6-3/h4,7-8H,1,5-6H2,2-3H3/b9-7-. The fourth-order valence-corrected chi connectivity index (χ4v) is 0.929. The summed E-state index contributed by atoms with van der Waals surface area (Å²) in [7, 11) is 0. The van der Waals surface area contributed by atoms with Crippen LogP contribution in [0.15, 0.2) is 24.4 Å². The maximum Gasteiger partial charge on any atom is 0.166 e. The summed E-state index contributed by atoms with van der Waals surface area (Å²) < 4.78 is 0. The molecule has 0 spiro atoms. The van der Waals surface area contributed by atoms with E-state index >= 15 is 0 Å². The third-order valence-corrected chi connectivity index (χ3v) is 1.54. The molecule has 2 nitrogen and oxygen atoms in total. The summed E-state index contributed by atoms with van der Waals surface area (Å²) in [4.78, 5) is 12.5. The van der Waals surface area contributed by atoms with E-state index in [9.17, 15) is 4.79 Å². The van der Waals surface area contributed by atoms with E-state index in [2.05, 4.69) is 6.58 Å². The predicted octanol–water partition coefficient (Wildman–Crippen LogP) is 1.60. The van der Waals surface area contributed by atoms with Gasteiger partial charge in [0.2, 0.25) is 0 Å². The summed E-state index contributed by atoms with van der Waals surface area (Å²) in [5.41, 5.74) is 0.699. The van der Waals surface area contributed by atoms with Crippen LogP contribution in [0.25, 0.3) is 0 Å². The van der Waals surface area contributed by atoms with Gasteiger partial charge in [0.15, 0.2) is 6.29 Å². The van der Waals surface area contributed by atoms with E-state index in [0.717, 1.165) is 19.4 Å². The third-order valence-electron chi connectivity index (χ3n) is 1.54. The summed E-state index contributed by atoms with van der Waals surface area (Å²) in [5, 5.41) is 0. The van der Waals surface area contributed by atoms with Crippen LogP contribution in [-0.4, -0.2) is 24.3 Å². The first-order valence-corrected chi connectivity index (χ1v) is 3.82. The Morgan fingerprint density at radius 3 is 2.27 bits per heavy atom. The van der Waals surface area contributed by atoms with Crippen LogP contribution in [0.1, 0.15) is 13.8 Å². The van der Waals surface area contributed by atoms with Gasteiger partial charge in [-0.25, -0.2) is 0 Å². The molecule has 0 aliphatic rings. The molecule has 0 aliphatic carbocycles. The Balaban J connectivity index is 4.32. The summed E-state index contributed by atoms with van der Waals surface area (Å²) >= 11 is 0. The molecule has 0 radical (unpaired) electrons. The van der Waals surface area contributed by atoms with E-state index < -0.39 is 0 Å². The molecule has 0 aromatic rings. The summed E-state index contributed by atoms with van der Waals surface area (Å²) in [6, 6.07) is 0. The Hall–Kier alpha value is -1.05. The van der Waals surface area contributed by atoms with Gasteiger partial charge in [0.1, 0.15) is 0 Å². The highest BCUT2D eigenvalue weighted by molar-refractivity contribution is 5.72. The second kappa shape index (κ2) is 5.71. The van der Waals surface area contributed by atoms with Crippen molar-refractivity contribution in [1.29, 1.82) is 0 Å². The van der Waals surface area contributed by atoms with Gasteiger partial charge in [-0.3, -0.25) is 4.79 Å². The molecule has 0 atom stereocenters. The minimum Gasteiger partial charge on any atom is -0.369 e. The third kappa shape index (κ3) is 3.03. The second-order valence-corrected chi connectivity index (χ2v) is 2.12. The normalized spacial score (nSPS) is 10.9. The lowest BCUT2D eigenvalue weighted by Gasteiger charge is -2.19. The molecule has 0 rings (SSSR count). The first-order valence-electron chi connectivity index (χ1n) is 3.82. The number of hydrogen-bond donors (Lipinski definition) is 0. The lowest BCUT2D eigenvalue weighted by atomic mass is 10.3. The molecule has 0 aromatic heterocycles. The zero-order valence-corrected chi connectivity index (χ0v) is 7.21. The fraction of sp³-hybridized carbons (Fsp3) is 0.444. The van der Waals surface area contributed by atoms with Crippen molar-refractivity contribution in [3.63, 3.8) is 0 Å². The Morgan fingerprint density at radius 1 is 1.45 bits per heavy atom. The second-order valence-electron chi connectivity index (χ2n) is 2.12. The van der Waals surface area contributed by atoms with Crippen LogP contribution in [0.4, 0.5) is 0 Å². The Bertz CT molecular complexity index is 157. The van der Waals surface area contributed by atoms with Crippen molar-refractivity contribution < 1.29 is 4.79 Å². The minimum atomic E-state index is 0.699. The lowest BCUT2D eigenvalue weighted by molar-refractivity contribution is -0.106. The zero-order valence-electron chi connectivity index (χ0n) is 7.21. The number of aldehydes is 1. The molecular formula is C9H15NO. The average Bonchev–Trinajstić information content (AvgIpc) is 2.05. The summed E-state index contributed by atoms with van der Waals surface area (Å²) in [5.74, 6) is 0. The van der Waals surface area contributed by atoms with Crippen molar-refractivity contribution in [3.05, 3.63) is 24.4 Å². The van der Waals surface area contributed by atoms with E-state index in [1.54, 1.807) is 12.2 Å². The van der Waals surface area contributed by atoms with Gasteiger partial charge in [-0.1, -0.05) is 12.7 Å². The van der Waals surface area contributed by atoms with E-state index in [4.69, 9.17) is 0 Å². The van der Waals surface area contributed by atoms with Crippen molar-refractivity contribution >= 4 is 6.29 Å². The van der Waals surface area contributed by atoms with Crippen molar-refractivity contribution in [2.24, 2.45) is 0 Å². The first-order chi connectivity index (χ1) is 5.29. The van der Waals surface area contributed by atoms with E-state index in [-0.39, 0.29) is 0 Å². The van der Waals surface area contributed by atoms with E-state index in [1.807, 2.05) is 18.7 Å². The van der Waals surface area contributed by atoms with Crippen molar-refractivity contribution in [1.82, 2.24) is 4.90 Å². The molecule has 11 heavy (non-hydrogen) atoms. The van der Waals surface area contributed by atoms with Gasteiger partial charge >= 0.3 is 0 Å². The minimum absolute atomic E-state index is 0.699. The number of likely N-dealkylation sites (N-methyl/N-ethyl adjacent to an activating group) is 1. The Labute approximate surface area is 68.2 Å². The Kier molecular flexibility index (Phi) is 5.17. The van der Waals surface area contributed by atoms with Crippen molar-refractivity contribution in [3.8, 4) is 0 Å². The van der Waals surface area contributed by atoms with E-state index in [0.29, 0.717) is 5.70 Å². The number of allylic oxidation sites excluding steroid dienone is 3. The molecular weight excluding hydrogens is 138 g/mol. The van der Waals surface area contributed by atoms with Crippen LogP contribution in [0.3, 0.4) is 0 Å². The maximum atomic E-state index is 10.5. The number of carbonyl (C=O) groups is 1. The molecule has 0 bridgehead atoms. The van der Waals surface area contributed by atoms with Crippen LogP contribution in [0.2, 0.25) is 0 Å². The highest BCUT2D eigenvalue weighted by atomic mass is 16.1. The maximum absolute atomic E-state index is 10.5. The molecule has 0 fully saturated rings. The van der Waals surface area contributed by atoms with Crippen LogP contribution in [0.5, 0.6) is 0 Å². The summed E-state index contributed by atoms with van der Waals surface area (Å²) in [6.45, 7) is 9.29. The highest BCUT2D eigenvalue weighted by Crippen LogP contribution is 1.99. The topological polar surface area (TPSA) is 20.3 Å². The van der Waals surface area contributed by atoms with Crippen LogP contribution >= 0.6 is 0 Å². The molecule has 0 amide bonds. The lowest BCUT2D eigenvalue weighted by Crippen LogP contribution is -2.22. The molecule has 0 aromatic carbocycles. The Morgan fingerprint density at radius 2 is 2.00 bits per heavy atom. The summed E-state index contributed by atoms with van der Waals surface area (Å²) in [6.07, 6.45) is 4.21. The fourth-order valence-electron chi connectivity index (χ4n) is 0.929. The largest absolute Gasteiger partial charge is 0.369 e. The van der Waals surface area contributed by atoms with Crippen molar-refractivity contribution in [2.45, 2.75) is 13.8 Å². The number of hydrogen-bond acceptors (Lipinski definition) is 2. The predicted molar refractivity (Wildman–Crippen MR) is 47.3 cm³/mol. The zero-order chi connectivity index (χ0) is 8.69. The van der Waals surface area contributed by atoms with Crippen LogP contribution in [-0.2, 0) is 4.79 Å². The molecule has 0 aliphatic heterocycles. The molecule has 0 N–H and O–H groups in total. The molecule has 2 heteroatoms. The smallest absolute Gasteiger partial charge is 0.166 e. The molecule has 0 saturated heterocycles. The number of nitrogens with zero attached hydrogens (tertiary/aromatic N) is 1. The van der Waals surface area contributed by atoms with E-state index in [1.165, 1.54) is 0 Å². The monoisotopic (exact) mass is 153 g/mol. The van der Waals surface area contributed by atoms with Gasteiger partial charge in [0.05, 0.1) is 5.70 Å². The SMILES string of the molecule is C=C/C=C(/C=O)N(CC)CC. The van der Waals surface area contributed by atoms with Gasteiger partial charge in [-0.05, 0) is 19.9 Å². The van der Waals surface area contributed by atoms with Gasteiger partial charge in [0.25, 0.3) is 0 Å². The first kappa shape index (κ1) is 9.95. The molecule has 0 saturated carbocycles. The molecule has 62 valence electrons. The van der Waals surface area contributed by atoms with Crippen LogP contribution in [0, 0.1) is 0 Å². The average molecular weight is 153 g/mol. The molecule has 0 heterocycles. The number of carbonyl (C=O) groups excluding carboxylic acids is 1. The molecule has 0 unspecified atom stereocenters. The van der Waals surface area contributed by atoms with Crippen molar-refractivity contribution in [2.75, 3.05) is 13.1 Å². The van der Waals surface area contributed by atoms with Gasteiger partial charge < -0.3 is 4.90 Å². The number of rotatable bonds is 5. The highest BCUT2D eigenvalue weighted by Gasteiger charge is 2.00. The quantitative estimate of drug-likeness (QED) is 0.339. The van der Waals surface area contributed by atoms with Gasteiger partial charge in [-0.2, -0.15) is 0 Å². The van der Waals surface area contributed by atoms with Crippen LogP contribution < -0.4 is 0 Å². The van der Waals surface area contributed by atoms with Gasteiger partial charge in [0, 0.05) is 13.1 Å². The van der Waals surface area contributed by atoms with Gasteiger partial charge in [-0.15, -0.1) is 0 Å².